The molecule has 3 rings (SSSR count). The molecule has 1 aliphatic carbocycles. The average molecular weight is 335 g/mol. The Hall–Kier alpha value is -2.02. The van der Waals surface area contributed by atoms with E-state index in [9.17, 15) is 0 Å². The Balaban J connectivity index is 2.31. The van der Waals surface area contributed by atoms with Crippen LogP contribution in [0.15, 0.2) is 36.4 Å². The van der Waals surface area contributed by atoms with Crippen molar-refractivity contribution in [3.63, 3.8) is 0 Å². The summed E-state index contributed by atoms with van der Waals surface area (Å²) < 4.78 is 5.90. The van der Waals surface area contributed by atoms with Gasteiger partial charge in [-0.2, -0.15) is 0 Å². The largest absolute Gasteiger partial charge is 0.496 e. The first-order valence-corrected chi connectivity index (χ1v) is 9.14. The van der Waals surface area contributed by atoms with Crippen LogP contribution < -0.4 is 4.74 Å². The van der Waals surface area contributed by atoms with Crippen molar-refractivity contribution >= 4 is 6.08 Å². The third kappa shape index (κ3) is 3.25. The fourth-order valence-corrected chi connectivity index (χ4v) is 3.68. The van der Waals surface area contributed by atoms with Crippen LogP contribution in [0, 0.1) is 0 Å². The van der Waals surface area contributed by atoms with Gasteiger partial charge >= 0.3 is 0 Å². The zero-order chi connectivity index (χ0) is 18.4. The molecule has 1 nitrogen and oxygen atoms in total. The molecule has 0 aromatic heterocycles. The summed E-state index contributed by atoms with van der Waals surface area (Å²) in [5.74, 6) is 1.04. The standard InChI is InChI=1S/C24H30O/c1-23(2,3)20-14-17(15-21(22(20)25-7)24(4,5)6)19-13-9-11-16-10-8-12-18(16)19/h8-11,13-15H,12H2,1-7H3. The zero-order valence-electron chi connectivity index (χ0n) is 16.7. The van der Waals surface area contributed by atoms with Gasteiger partial charge in [0.2, 0.25) is 0 Å². The van der Waals surface area contributed by atoms with E-state index in [0.717, 1.165) is 12.2 Å². The predicted molar refractivity (Wildman–Crippen MR) is 109 cm³/mol. The molecule has 0 bridgehead atoms. The van der Waals surface area contributed by atoms with Gasteiger partial charge in [0.05, 0.1) is 7.11 Å². The van der Waals surface area contributed by atoms with Crippen LogP contribution in [-0.2, 0) is 17.3 Å². The minimum Gasteiger partial charge on any atom is -0.496 e. The minimum atomic E-state index is 0.0254. The summed E-state index contributed by atoms with van der Waals surface area (Å²) in [5, 5.41) is 0. The van der Waals surface area contributed by atoms with Gasteiger partial charge in [0.15, 0.2) is 0 Å². The van der Waals surface area contributed by atoms with Crippen molar-refractivity contribution in [3.8, 4) is 16.9 Å². The molecule has 25 heavy (non-hydrogen) atoms. The normalized spacial score (nSPS) is 13.9. The molecule has 132 valence electrons. The topological polar surface area (TPSA) is 9.23 Å². The van der Waals surface area contributed by atoms with Crippen molar-refractivity contribution in [2.45, 2.75) is 58.8 Å². The molecule has 1 heteroatoms. The van der Waals surface area contributed by atoms with Gasteiger partial charge in [0.1, 0.15) is 5.75 Å². The second-order valence-electron chi connectivity index (χ2n) is 9.08. The Morgan fingerprint density at radius 1 is 0.880 bits per heavy atom. The molecule has 0 saturated carbocycles. The van der Waals surface area contributed by atoms with E-state index in [1.165, 1.54) is 33.4 Å². The number of fused-ring (bicyclic) bond motifs is 1. The number of hydrogen-bond donors (Lipinski definition) is 0. The molecular weight excluding hydrogens is 304 g/mol. The lowest BCUT2D eigenvalue weighted by molar-refractivity contribution is 0.381. The molecular formula is C24H30O. The van der Waals surface area contributed by atoms with E-state index in [1.807, 2.05) is 0 Å². The quantitative estimate of drug-likeness (QED) is 0.607. The molecule has 1 aliphatic rings. The van der Waals surface area contributed by atoms with Crippen LogP contribution in [0.25, 0.3) is 17.2 Å². The summed E-state index contributed by atoms with van der Waals surface area (Å²) in [6.07, 6.45) is 5.51. The van der Waals surface area contributed by atoms with Crippen LogP contribution in [0.2, 0.25) is 0 Å². The summed E-state index contributed by atoms with van der Waals surface area (Å²) in [6.45, 7) is 13.6. The van der Waals surface area contributed by atoms with Crippen LogP contribution in [0.5, 0.6) is 5.75 Å². The van der Waals surface area contributed by atoms with Gasteiger partial charge in [0, 0.05) is 11.1 Å². The Kier molecular flexibility index (Phi) is 4.31. The van der Waals surface area contributed by atoms with Gasteiger partial charge in [0.25, 0.3) is 0 Å². The third-order valence-electron chi connectivity index (χ3n) is 5.05. The van der Waals surface area contributed by atoms with E-state index >= 15 is 0 Å². The lowest BCUT2D eigenvalue weighted by atomic mass is 9.77. The lowest BCUT2D eigenvalue weighted by Crippen LogP contribution is -2.19. The molecule has 0 fully saturated rings. The Morgan fingerprint density at radius 2 is 1.48 bits per heavy atom. The first kappa shape index (κ1) is 17.8. The Bertz CT molecular complexity index is 791. The maximum Gasteiger partial charge on any atom is 0.126 e. The number of ether oxygens (including phenoxy) is 1. The van der Waals surface area contributed by atoms with Gasteiger partial charge in [-0.1, -0.05) is 71.9 Å². The van der Waals surface area contributed by atoms with E-state index in [1.54, 1.807) is 7.11 Å². The van der Waals surface area contributed by atoms with E-state index < -0.39 is 0 Å². The van der Waals surface area contributed by atoms with Gasteiger partial charge in [-0.3, -0.25) is 0 Å². The number of allylic oxidation sites excluding steroid dienone is 1. The Labute approximate surface area is 152 Å². The molecule has 0 heterocycles. The Morgan fingerprint density at radius 3 is 2.00 bits per heavy atom. The second-order valence-corrected chi connectivity index (χ2v) is 9.08. The first-order chi connectivity index (χ1) is 11.6. The number of rotatable bonds is 2. The average Bonchev–Trinajstić information content (AvgIpc) is 3.00. The predicted octanol–water partition coefficient (Wildman–Crippen LogP) is 6.53. The first-order valence-electron chi connectivity index (χ1n) is 9.14. The van der Waals surface area contributed by atoms with E-state index in [4.69, 9.17) is 4.74 Å². The molecule has 2 aromatic carbocycles. The van der Waals surface area contributed by atoms with Gasteiger partial charge in [-0.25, -0.2) is 0 Å². The molecule has 0 N–H and O–H groups in total. The van der Waals surface area contributed by atoms with Crippen LogP contribution in [-0.4, -0.2) is 7.11 Å². The van der Waals surface area contributed by atoms with Crippen molar-refractivity contribution in [2.24, 2.45) is 0 Å². The van der Waals surface area contributed by atoms with Crippen LogP contribution in [0.4, 0.5) is 0 Å². The summed E-state index contributed by atoms with van der Waals surface area (Å²) in [7, 11) is 1.80. The highest BCUT2D eigenvalue weighted by molar-refractivity contribution is 5.77. The van der Waals surface area contributed by atoms with Crippen molar-refractivity contribution in [1.82, 2.24) is 0 Å². The summed E-state index contributed by atoms with van der Waals surface area (Å²) in [6, 6.07) is 11.3. The van der Waals surface area contributed by atoms with Crippen molar-refractivity contribution in [1.29, 1.82) is 0 Å². The molecule has 0 saturated heterocycles. The highest BCUT2D eigenvalue weighted by Gasteiger charge is 2.28. The fraction of sp³-hybridized carbons (Fsp3) is 0.417. The summed E-state index contributed by atoms with van der Waals surface area (Å²) in [5.41, 5.74) is 8.05. The summed E-state index contributed by atoms with van der Waals surface area (Å²) >= 11 is 0. The minimum absolute atomic E-state index is 0.0254. The third-order valence-corrected chi connectivity index (χ3v) is 5.05. The number of methoxy groups -OCH3 is 1. The van der Waals surface area contributed by atoms with E-state index in [-0.39, 0.29) is 10.8 Å². The van der Waals surface area contributed by atoms with Gasteiger partial charge in [-0.05, 0) is 51.6 Å². The maximum atomic E-state index is 5.90. The second kappa shape index (κ2) is 6.05. The van der Waals surface area contributed by atoms with Gasteiger partial charge < -0.3 is 4.74 Å². The summed E-state index contributed by atoms with van der Waals surface area (Å²) in [4.78, 5) is 0. The lowest BCUT2D eigenvalue weighted by Gasteiger charge is -2.30. The van der Waals surface area contributed by atoms with Crippen LogP contribution >= 0.6 is 0 Å². The molecule has 0 aliphatic heterocycles. The zero-order valence-corrected chi connectivity index (χ0v) is 16.7. The van der Waals surface area contributed by atoms with Crippen LogP contribution in [0.3, 0.4) is 0 Å². The van der Waals surface area contributed by atoms with Gasteiger partial charge in [-0.15, -0.1) is 0 Å². The molecule has 0 amide bonds. The maximum absolute atomic E-state index is 5.90. The number of benzene rings is 2. The van der Waals surface area contributed by atoms with Crippen molar-refractivity contribution in [3.05, 3.63) is 58.7 Å². The molecule has 2 aromatic rings. The van der Waals surface area contributed by atoms with Crippen molar-refractivity contribution in [2.75, 3.05) is 7.11 Å². The molecule has 0 spiro atoms. The molecule has 0 radical (unpaired) electrons. The smallest absolute Gasteiger partial charge is 0.126 e. The highest BCUT2D eigenvalue weighted by atomic mass is 16.5. The molecule has 0 atom stereocenters. The van der Waals surface area contributed by atoms with Crippen molar-refractivity contribution < 1.29 is 4.74 Å². The molecule has 0 unspecified atom stereocenters. The van der Waals surface area contributed by atoms with Crippen LogP contribution in [0.1, 0.15) is 63.8 Å². The van der Waals surface area contributed by atoms with E-state index in [2.05, 4.69) is 84.0 Å². The monoisotopic (exact) mass is 334 g/mol. The highest BCUT2D eigenvalue weighted by Crippen LogP contribution is 2.43. The fourth-order valence-electron chi connectivity index (χ4n) is 3.68. The SMILES string of the molecule is COc1c(C(C)(C)C)cc(-c2cccc3c2CC=C3)cc1C(C)(C)C. The van der Waals surface area contributed by atoms with E-state index in [0.29, 0.717) is 0 Å². The number of hydrogen-bond acceptors (Lipinski definition) is 1.